The molecule has 120 valence electrons. The average molecular weight is 323 g/mol. The number of para-hydroxylation sites is 3. The van der Waals surface area contributed by atoms with Crippen LogP contribution in [-0.4, -0.2) is 28.7 Å². The molecule has 0 aliphatic carbocycles. The lowest BCUT2D eigenvalue weighted by molar-refractivity contribution is -0.127. The highest BCUT2D eigenvalue weighted by atomic mass is 16.6. The molecule has 24 heavy (non-hydrogen) atoms. The number of carbonyl (C=O) groups excluding carboxylic acids is 1. The molecule has 3 aromatic rings. The minimum Gasteiger partial charge on any atom is -0.493 e. The molecule has 7 nitrogen and oxygen atoms in total. The molecule has 2 N–H and O–H groups in total. The molecule has 0 fully saturated rings. The van der Waals surface area contributed by atoms with Gasteiger partial charge in [0.2, 0.25) is 12.0 Å². The van der Waals surface area contributed by atoms with Crippen LogP contribution >= 0.6 is 0 Å². The van der Waals surface area contributed by atoms with Crippen LogP contribution in [0.4, 0.5) is 5.69 Å². The van der Waals surface area contributed by atoms with Crippen LogP contribution in [0, 0.1) is 0 Å². The van der Waals surface area contributed by atoms with Gasteiger partial charge in [0.1, 0.15) is 6.61 Å². The van der Waals surface area contributed by atoms with E-state index in [1.165, 1.54) is 0 Å². The molecule has 1 aliphatic heterocycles. The Bertz CT molecular complexity index is 948. The van der Waals surface area contributed by atoms with Gasteiger partial charge in [-0.05, 0) is 18.2 Å². The first-order valence-corrected chi connectivity index (χ1v) is 7.36. The summed E-state index contributed by atoms with van der Waals surface area (Å²) >= 11 is 0. The fraction of sp³-hybridized carbons (Fsp3) is 0.118. The lowest BCUT2D eigenvalue weighted by Gasteiger charge is -2.23. The predicted octanol–water partition coefficient (Wildman–Crippen LogP) is 3.32. The smallest absolute Gasteiger partial charge is 0.308 e. The van der Waals surface area contributed by atoms with Crippen LogP contribution in [0.3, 0.4) is 0 Å². The number of carbonyl (C=O) groups is 1. The minimum absolute atomic E-state index is 0.0642. The zero-order chi connectivity index (χ0) is 16.5. The van der Waals surface area contributed by atoms with Gasteiger partial charge in [-0.3, -0.25) is 4.79 Å². The van der Waals surface area contributed by atoms with Crippen molar-refractivity contribution >= 4 is 22.5 Å². The topological polar surface area (TPSA) is 96.3 Å². The zero-order valence-electron chi connectivity index (χ0n) is 12.5. The van der Waals surface area contributed by atoms with Gasteiger partial charge in [0, 0.05) is 5.39 Å². The Labute approximate surface area is 136 Å². The van der Waals surface area contributed by atoms with Gasteiger partial charge in [-0.1, -0.05) is 30.3 Å². The van der Waals surface area contributed by atoms with Crippen LogP contribution in [0.5, 0.6) is 17.4 Å². The van der Waals surface area contributed by atoms with E-state index in [1.54, 1.807) is 30.3 Å². The van der Waals surface area contributed by atoms with Crippen LogP contribution in [0.2, 0.25) is 0 Å². The van der Waals surface area contributed by atoms with Gasteiger partial charge in [0.15, 0.2) is 17.2 Å². The maximum atomic E-state index is 12.2. The van der Waals surface area contributed by atoms with E-state index in [2.05, 4.69) is 15.2 Å². The number of aromatic amines is 1. The maximum Gasteiger partial charge on any atom is 0.308 e. The van der Waals surface area contributed by atoms with Gasteiger partial charge in [-0.15, -0.1) is 10.2 Å². The highest BCUT2D eigenvalue weighted by Gasteiger charge is 2.27. The average Bonchev–Trinajstić information content (AvgIpc) is 2.94. The summed E-state index contributed by atoms with van der Waals surface area (Å²) in [6, 6.07) is 14.3. The van der Waals surface area contributed by atoms with Crippen molar-refractivity contribution in [3.8, 4) is 17.4 Å². The molecule has 1 atom stereocenters. The Morgan fingerprint density at radius 1 is 1.12 bits per heavy atom. The number of hydrogen-bond donors (Lipinski definition) is 2. The van der Waals surface area contributed by atoms with Crippen LogP contribution in [0.1, 0.15) is 0 Å². The van der Waals surface area contributed by atoms with E-state index in [1.807, 2.05) is 18.2 Å². The highest BCUT2D eigenvalue weighted by Crippen LogP contribution is 2.35. The van der Waals surface area contributed by atoms with E-state index in [0.29, 0.717) is 22.4 Å². The SMILES string of the molecule is O=C(N=Nc1c(O)[nH]c2ccccc12)[C@@H]1COc2ccccc2O1. The number of rotatable bonds is 2. The van der Waals surface area contributed by atoms with Crippen molar-refractivity contribution in [1.29, 1.82) is 0 Å². The first kappa shape index (κ1) is 14.3. The number of amides is 1. The maximum absolute atomic E-state index is 12.2. The van der Waals surface area contributed by atoms with Gasteiger partial charge in [0.05, 0.1) is 5.52 Å². The molecular weight excluding hydrogens is 310 g/mol. The molecule has 0 radical (unpaired) electrons. The molecule has 0 saturated heterocycles. The summed E-state index contributed by atoms with van der Waals surface area (Å²) in [4.78, 5) is 15.0. The van der Waals surface area contributed by atoms with E-state index in [-0.39, 0.29) is 18.2 Å². The van der Waals surface area contributed by atoms with Crippen molar-refractivity contribution < 1.29 is 19.4 Å². The second-order valence-corrected chi connectivity index (χ2v) is 5.27. The number of hydrogen-bond acceptors (Lipinski definition) is 5. The zero-order valence-corrected chi connectivity index (χ0v) is 12.5. The first-order chi connectivity index (χ1) is 11.7. The summed E-state index contributed by atoms with van der Waals surface area (Å²) in [6.07, 6.45) is -0.865. The summed E-state index contributed by atoms with van der Waals surface area (Å²) in [5.74, 6) is 0.369. The lowest BCUT2D eigenvalue weighted by atomic mass is 10.2. The molecule has 1 amide bonds. The van der Waals surface area contributed by atoms with Gasteiger partial charge in [-0.2, -0.15) is 0 Å². The number of ether oxygens (including phenoxy) is 2. The number of H-pyrrole nitrogens is 1. The van der Waals surface area contributed by atoms with Gasteiger partial charge in [0.25, 0.3) is 0 Å². The number of aromatic nitrogens is 1. The molecule has 0 unspecified atom stereocenters. The third kappa shape index (κ3) is 2.45. The molecule has 2 aromatic carbocycles. The number of azo groups is 1. The van der Waals surface area contributed by atoms with E-state index in [9.17, 15) is 9.90 Å². The van der Waals surface area contributed by atoms with Crippen LogP contribution in [0.25, 0.3) is 10.9 Å². The van der Waals surface area contributed by atoms with Crippen molar-refractivity contribution in [2.75, 3.05) is 6.61 Å². The van der Waals surface area contributed by atoms with E-state index < -0.39 is 12.0 Å². The van der Waals surface area contributed by atoms with Crippen molar-refractivity contribution in [3.63, 3.8) is 0 Å². The molecule has 0 bridgehead atoms. The Morgan fingerprint density at radius 2 is 1.88 bits per heavy atom. The molecular formula is C17H13N3O4. The second-order valence-electron chi connectivity index (χ2n) is 5.27. The summed E-state index contributed by atoms with van der Waals surface area (Å²) in [5, 5.41) is 18.1. The van der Waals surface area contributed by atoms with Gasteiger partial charge < -0.3 is 19.6 Å². The summed E-state index contributed by atoms with van der Waals surface area (Å²) in [5.41, 5.74) is 0.929. The van der Waals surface area contributed by atoms with E-state index >= 15 is 0 Å². The number of benzene rings is 2. The van der Waals surface area contributed by atoms with E-state index in [0.717, 1.165) is 0 Å². The molecule has 0 spiro atoms. The first-order valence-electron chi connectivity index (χ1n) is 7.36. The minimum atomic E-state index is -0.865. The Balaban J connectivity index is 1.56. The number of fused-ring (bicyclic) bond motifs is 2. The molecule has 1 aromatic heterocycles. The highest BCUT2D eigenvalue weighted by molar-refractivity contribution is 5.94. The Hall–Kier alpha value is -3.35. The number of aromatic hydroxyl groups is 1. The van der Waals surface area contributed by atoms with Crippen LogP contribution in [-0.2, 0) is 4.79 Å². The van der Waals surface area contributed by atoms with Crippen LogP contribution in [0.15, 0.2) is 58.8 Å². The largest absolute Gasteiger partial charge is 0.493 e. The third-order valence-electron chi connectivity index (χ3n) is 3.69. The standard InChI is InChI=1S/C17H13N3O4/c21-16(14-9-23-12-7-3-4-8-13(12)24-14)20-19-15-10-5-1-2-6-11(10)18-17(15)22/h1-8,14,18,22H,9H2/t14-/m0/s1. The van der Waals surface area contributed by atoms with E-state index in [4.69, 9.17) is 9.47 Å². The Morgan fingerprint density at radius 3 is 2.75 bits per heavy atom. The predicted molar refractivity (Wildman–Crippen MR) is 85.8 cm³/mol. The number of nitrogens with one attached hydrogen (secondary N) is 1. The summed E-state index contributed by atoms with van der Waals surface area (Å²) in [6.45, 7) is 0.0642. The fourth-order valence-electron chi connectivity index (χ4n) is 2.52. The summed E-state index contributed by atoms with van der Waals surface area (Å²) < 4.78 is 11.1. The number of nitrogens with zero attached hydrogens (tertiary/aromatic N) is 2. The second kappa shape index (κ2) is 5.69. The van der Waals surface area contributed by atoms with Crippen LogP contribution < -0.4 is 9.47 Å². The Kier molecular flexibility index (Phi) is 3.38. The molecule has 0 saturated carbocycles. The molecule has 2 heterocycles. The van der Waals surface area contributed by atoms with Gasteiger partial charge >= 0.3 is 5.91 Å². The van der Waals surface area contributed by atoms with Gasteiger partial charge in [-0.25, -0.2) is 0 Å². The molecule has 1 aliphatic rings. The van der Waals surface area contributed by atoms with Crippen molar-refractivity contribution in [2.24, 2.45) is 10.2 Å². The monoisotopic (exact) mass is 323 g/mol. The van der Waals surface area contributed by atoms with Crippen molar-refractivity contribution in [3.05, 3.63) is 48.5 Å². The summed E-state index contributed by atoms with van der Waals surface area (Å²) in [7, 11) is 0. The normalized spacial score (nSPS) is 16.6. The molecule has 7 heteroatoms. The molecule has 4 rings (SSSR count). The fourth-order valence-corrected chi connectivity index (χ4v) is 2.52. The van der Waals surface area contributed by atoms with Crippen molar-refractivity contribution in [1.82, 2.24) is 4.98 Å². The quantitative estimate of drug-likeness (QED) is 0.707. The third-order valence-corrected chi connectivity index (χ3v) is 3.69. The lowest BCUT2D eigenvalue weighted by Crippen LogP contribution is -2.35. The van der Waals surface area contributed by atoms with Crippen molar-refractivity contribution in [2.45, 2.75) is 6.10 Å².